The first-order valence-corrected chi connectivity index (χ1v) is 21.3. The summed E-state index contributed by atoms with van der Waals surface area (Å²) in [6.07, 6.45) is 76.5. The minimum absolute atomic E-state index is 0.979. The topological polar surface area (TPSA) is 24.1 Å². The van der Waals surface area contributed by atoms with Gasteiger partial charge in [-0.15, -0.1) is 0 Å². The fraction of sp³-hybridized carbons (Fsp3) is 0.321. The standard InChI is InChI=1S/C53H62N2/c1-3-9-19-33-46-34-20-11-6-8-16-28-41-54-52(46)50(37-22-12-5-1)44-29-17-13-14-18-30-45(32-24-23-31-44)51-38-26-25-36-48-43-49(48)40-39-47-35-21-10-4-2-7-15-27-42-55-53(47)51/h1,3,5,9,12-14,17-19,22-26,29-33,36-40,43,54-55H,2,4,6-8,10-11,15-16,20-21,27-28,34-35,41-42H2/b3-1?,5-1-,9-3-,12-5?,14-13?,17-13-,18-14-,19-9?,22-12-,24-23?,26-25?,29-17?,30-18?,31-23-,32-24?,33-19-,36-25-,37-22?,38-26-,40-39?,44-29+,44-31?,45-30+,45-32?,46-33?,47-39-,48-36?,49-40?,50-37-,51-38?,52-46-,52-50?,53-47?,53-51-. The molecule has 6 aliphatic rings. The summed E-state index contributed by atoms with van der Waals surface area (Å²) >= 11 is 0. The van der Waals surface area contributed by atoms with E-state index in [0.717, 1.165) is 25.9 Å². The van der Waals surface area contributed by atoms with Gasteiger partial charge in [-0.3, -0.25) is 0 Å². The summed E-state index contributed by atoms with van der Waals surface area (Å²) in [5, 5.41) is 7.92. The SMILES string of the molecule is C1=CC(/C2=C3\NCCCCCCCCC\C3=C\C=C3C=C3\C=C/C=C\2)=C\C=C/C=C\C=C(C2=C\C=C/C=C\C=C/C=C\C3=C/2NCCCCCCCC3)/C=C\1. The van der Waals surface area contributed by atoms with Gasteiger partial charge in [0.1, 0.15) is 0 Å². The summed E-state index contributed by atoms with van der Waals surface area (Å²) in [4.78, 5) is 0. The molecule has 0 aromatic heterocycles. The maximum atomic E-state index is 3.97. The summed E-state index contributed by atoms with van der Waals surface area (Å²) < 4.78 is 0. The van der Waals surface area contributed by atoms with Gasteiger partial charge in [-0.1, -0.05) is 210 Å². The Morgan fingerprint density at radius 2 is 0.836 bits per heavy atom. The number of hydrogen-bond donors (Lipinski definition) is 2. The fourth-order valence-corrected chi connectivity index (χ4v) is 7.69. The van der Waals surface area contributed by atoms with E-state index >= 15 is 0 Å². The van der Waals surface area contributed by atoms with E-state index in [2.05, 4.69) is 169 Å². The Balaban J connectivity index is 1.39. The second-order valence-electron chi connectivity index (χ2n) is 15.1. The molecule has 284 valence electrons. The van der Waals surface area contributed by atoms with E-state index in [4.69, 9.17) is 0 Å². The van der Waals surface area contributed by atoms with Gasteiger partial charge in [0.15, 0.2) is 0 Å². The number of fused-ring (bicyclic) bond motifs is 2. The zero-order valence-corrected chi connectivity index (χ0v) is 33.0. The molecule has 6 rings (SSSR count). The van der Waals surface area contributed by atoms with Crippen LogP contribution in [-0.4, -0.2) is 13.1 Å². The zero-order chi connectivity index (χ0) is 37.6. The molecule has 0 radical (unpaired) electrons. The second-order valence-corrected chi connectivity index (χ2v) is 15.1. The third kappa shape index (κ3) is 13.3. The Morgan fingerprint density at radius 1 is 0.327 bits per heavy atom. The monoisotopic (exact) mass is 726 g/mol. The van der Waals surface area contributed by atoms with Crippen LogP contribution in [0.4, 0.5) is 0 Å². The summed E-state index contributed by atoms with van der Waals surface area (Å²) in [5.41, 5.74) is 12.8. The van der Waals surface area contributed by atoms with Gasteiger partial charge in [0, 0.05) is 35.6 Å². The molecule has 4 aliphatic carbocycles. The smallest absolute Gasteiger partial charge is 0.0452 e. The first-order chi connectivity index (χ1) is 27.4. The quantitative estimate of drug-likeness (QED) is 0.296. The highest BCUT2D eigenvalue weighted by Gasteiger charge is 2.17. The minimum Gasteiger partial charge on any atom is -0.384 e. The van der Waals surface area contributed by atoms with E-state index < -0.39 is 0 Å². The lowest BCUT2D eigenvalue weighted by Crippen LogP contribution is -2.19. The van der Waals surface area contributed by atoms with Crippen molar-refractivity contribution in [2.75, 3.05) is 13.1 Å². The molecule has 0 atom stereocenters. The van der Waals surface area contributed by atoms with E-state index in [1.807, 2.05) is 0 Å². The molecule has 2 heteroatoms. The normalized spacial score (nSPS) is 33.7. The Morgan fingerprint density at radius 3 is 1.56 bits per heavy atom. The molecule has 0 saturated carbocycles. The first-order valence-electron chi connectivity index (χ1n) is 21.3. The lowest BCUT2D eigenvalue weighted by Gasteiger charge is -2.20. The Hall–Kier alpha value is -5.08. The van der Waals surface area contributed by atoms with E-state index in [9.17, 15) is 0 Å². The molecule has 0 aromatic carbocycles. The third-order valence-corrected chi connectivity index (χ3v) is 10.9. The molecule has 0 bridgehead atoms. The van der Waals surface area contributed by atoms with Gasteiger partial charge in [-0.2, -0.15) is 0 Å². The number of hydrogen-bond acceptors (Lipinski definition) is 2. The molecule has 0 amide bonds. The van der Waals surface area contributed by atoms with Gasteiger partial charge >= 0.3 is 0 Å². The molecule has 0 unspecified atom stereocenters. The van der Waals surface area contributed by atoms with Crippen molar-refractivity contribution in [3.8, 4) is 0 Å². The molecule has 1 saturated heterocycles. The van der Waals surface area contributed by atoms with Gasteiger partial charge in [0.2, 0.25) is 0 Å². The highest BCUT2D eigenvalue weighted by molar-refractivity contribution is 5.66. The van der Waals surface area contributed by atoms with Gasteiger partial charge in [0.25, 0.3) is 0 Å². The summed E-state index contributed by atoms with van der Waals surface area (Å²) in [7, 11) is 0. The molecule has 2 N–H and O–H groups in total. The number of allylic oxidation sites excluding steroid dienone is 33. The first kappa shape index (κ1) is 39.6. The highest BCUT2D eigenvalue weighted by atomic mass is 14.9. The van der Waals surface area contributed by atoms with Crippen LogP contribution in [0.5, 0.6) is 0 Å². The summed E-state index contributed by atoms with van der Waals surface area (Å²) in [6, 6.07) is 0. The minimum atomic E-state index is 0.979. The van der Waals surface area contributed by atoms with Crippen molar-refractivity contribution in [3.05, 3.63) is 214 Å². The fourth-order valence-electron chi connectivity index (χ4n) is 7.69. The third-order valence-electron chi connectivity index (χ3n) is 10.9. The number of nitrogens with one attached hydrogen (secondary N) is 2. The van der Waals surface area contributed by atoms with E-state index in [-0.39, 0.29) is 0 Å². The van der Waals surface area contributed by atoms with E-state index in [1.165, 1.54) is 139 Å². The van der Waals surface area contributed by atoms with Crippen molar-refractivity contribution >= 4 is 0 Å². The van der Waals surface area contributed by atoms with Crippen LogP contribution in [0.1, 0.15) is 96.3 Å². The van der Waals surface area contributed by atoms with Gasteiger partial charge in [-0.25, -0.2) is 0 Å². The molecule has 0 spiro atoms. The molecule has 2 nitrogen and oxygen atoms in total. The van der Waals surface area contributed by atoms with E-state index in [1.54, 1.807) is 0 Å². The lowest BCUT2D eigenvalue weighted by molar-refractivity contribution is 0.559. The van der Waals surface area contributed by atoms with Crippen LogP contribution in [0.15, 0.2) is 214 Å². The molecule has 2 aliphatic heterocycles. The highest BCUT2D eigenvalue weighted by Crippen LogP contribution is 2.33. The van der Waals surface area contributed by atoms with Crippen LogP contribution in [0.25, 0.3) is 0 Å². The van der Waals surface area contributed by atoms with Crippen molar-refractivity contribution in [3.63, 3.8) is 0 Å². The second kappa shape index (κ2) is 23.0. The van der Waals surface area contributed by atoms with Crippen molar-refractivity contribution in [2.45, 2.75) is 96.3 Å². The summed E-state index contributed by atoms with van der Waals surface area (Å²) in [6.45, 7) is 1.96. The zero-order valence-electron chi connectivity index (χ0n) is 33.0. The van der Waals surface area contributed by atoms with Crippen LogP contribution >= 0.6 is 0 Å². The van der Waals surface area contributed by atoms with Crippen LogP contribution in [0.2, 0.25) is 0 Å². The van der Waals surface area contributed by atoms with E-state index in [0.29, 0.717) is 0 Å². The predicted molar refractivity (Wildman–Crippen MR) is 239 cm³/mol. The number of rotatable bonds is 2. The molecule has 1 fully saturated rings. The Bertz CT molecular complexity index is 1900. The Labute approximate surface area is 332 Å². The predicted octanol–water partition coefficient (Wildman–Crippen LogP) is 13.7. The maximum absolute atomic E-state index is 3.97. The van der Waals surface area contributed by atoms with Crippen molar-refractivity contribution in [1.29, 1.82) is 0 Å². The van der Waals surface area contributed by atoms with Gasteiger partial charge < -0.3 is 10.6 Å². The average molecular weight is 727 g/mol. The summed E-state index contributed by atoms with van der Waals surface area (Å²) in [5.74, 6) is 0. The molecular formula is C53H62N2. The maximum Gasteiger partial charge on any atom is 0.0452 e. The molecule has 2 heterocycles. The Kier molecular flexibility index (Phi) is 16.5. The van der Waals surface area contributed by atoms with Crippen molar-refractivity contribution in [2.24, 2.45) is 0 Å². The molecule has 0 aromatic rings. The van der Waals surface area contributed by atoms with Crippen LogP contribution < -0.4 is 10.6 Å². The lowest BCUT2D eigenvalue weighted by atomic mass is 9.93. The van der Waals surface area contributed by atoms with Gasteiger partial charge in [-0.05, 0) is 78.0 Å². The van der Waals surface area contributed by atoms with Crippen LogP contribution in [0, 0.1) is 0 Å². The van der Waals surface area contributed by atoms with Crippen molar-refractivity contribution in [1.82, 2.24) is 10.6 Å². The van der Waals surface area contributed by atoms with Crippen LogP contribution in [0.3, 0.4) is 0 Å². The van der Waals surface area contributed by atoms with Crippen molar-refractivity contribution < 1.29 is 0 Å². The molecular weight excluding hydrogens is 665 g/mol. The van der Waals surface area contributed by atoms with Crippen LogP contribution in [-0.2, 0) is 0 Å². The average Bonchev–Trinajstić information content (AvgIpc) is 3.94. The molecule has 55 heavy (non-hydrogen) atoms. The largest absolute Gasteiger partial charge is 0.384 e. The van der Waals surface area contributed by atoms with Gasteiger partial charge in [0.05, 0.1) is 0 Å².